The Bertz CT molecular complexity index is 728. The second-order valence-electron chi connectivity index (χ2n) is 4.84. The molecule has 0 spiro atoms. The number of hydrogen-bond acceptors (Lipinski definition) is 4. The van der Waals surface area contributed by atoms with E-state index in [2.05, 4.69) is 44.5 Å². The largest absolute Gasteiger partial charge is 0.378 e. The molecular formula is C15H17N5. The van der Waals surface area contributed by atoms with Gasteiger partial charge in [-0.1, -0.05) is 12.1 Å². The minimum Gasteiger partial charge on any atom is -0.378 e. The van der Waals surface area contributed by atoms with Gasteiger partial charge in [-0.2, -0.15) is 4.98 Å². The van der Waals surface area contributed by atoms with Crippen LogP contribution in [0.2, 0.25) is 0 Å². The fourth-order valence-corrected chi connectivity index (χ4v) is 2.08. The lowest BCUT2D eigenvalue weighted by Gasteiger charge is -2.11. The molecule has 5 heteroatoms. The fraction of sp³-hybridized carbons (Fsp3) is 0.200. The zero-order valence-corrected chi connectivity index (χ0v) is 11.8. The highest BCUT2D eigenvalue weighted by atomic mass is 15.1. The number of hydrogen-bond donors (Lipinski definition) is 1. The molecule has 3 aromatic rings. The molecule has 0 bridgehead atoms. The van der Waals surface area contributed by atoms with Crippen LogP contribution in [0.5, 0.6) is 0 Å². The van der Waals surface area contributed by atoms with E-state index in [4.69, 9.17) is 0 Å². The van der Waals surface area contributed by atoms with Gasteiger partial charge in [0.05, 0.1) is 5.69 Å². The van der Waals surface area contributed by atoms with E-state index in [1.54, 1.807) is 0 Å². The standard InChI is InChI=1S/C15H17N5/c1-16-14-8-9-20-10-13(17-15(20)18-14)11-4-6-12(7-5-11)19(2)3/h4-10H,1-3H3,(H,16,17,18). The minimum absolute atomic E-state index is 0.698. The molecule has 1 aromatic carbocycles. The van der Waals surface area contributed by atoms with Crippen molar-refractivity contribution in [3.8, 4) is 11.3 Å². The number of nitrogens with zero attached hydrogens (tertiary/aromatic N) is 4. The zero-order valence-electron chi connectivity index (χ0n) is 11.8. The first-order valence-corrected chi connectivity index (χ1v) is 6.48. The molecule has 5 nitrogen and oxygen atoms in total. The first kappa shape index (κ1) is 12.5. The van der Waals surface area contributed by atoms with Gasteiger partial charge in [0.2, 0.25) is 5.78 Å². The Morgan fingerprint density at radius 3 is 2.45 bits per heavy atom. The second kappa shape index (κ2) is 4.85. The summed E-state index contributed by atoms with van der Waals surface area (Å²) in [6, 6.07) is 10.3. The van der Waals surface area contributed by atoms with Crippen molar-refractivity contribution in [2.24, 2.45) is 0 Å². The van der Waals surface area contributed by atoms with Crippen molar-refractivity contribution in [2.45, 2.75) is 0 Å². The number of aromatic nitrogens is 3. The summed E-state index contributed by atoms with van der Waals surface area (Å²) >= 11 is 0. The van der Waals surface area contributed by atoms with Crippen LogP contribution in [0.15, 0.2) is 42.7 Å². The molecule has 3 rings (SSSR count). The van der Waals surface area contributed by atoms with Crippen molar-refractivity contribution in [1.29, 1.82) is 0 Å². The van der Waals surface area contributed by atoms with Crippen molar-refractivity contribution < 1.29 is 0 Å². The Labute approximate surface area is 117 Å². The van der Waals surface area contributed by atoms with Crippen molar-refractivity contribution >= 4 is 17.3 Å². The predicted octanol–water partition coefficient (Wildman–Crippen LogP) is 2.50. The number of fused-ring (bicyclic) bond motifs is 1. The van der Waals surface area contributed by atoms with Gasteiger partial charge in [-0.15, -0.1) is 0 Å². The van der Waals surface area contributed by atoms with E-state index in [0.29, 0.717) is 5.78 Å². The van der Waals surface area contributed by atoms with Crippen LogP contribution < -0.4 is 10.2 Å². The number of benzene rings is 1. The number of imidazole rings is 1. The summed E-state index contributed by atoms with van der Waals surface area (Å²) < 4.78 is 1.93. The predicted molar refractivity (Wildman–Crippen MR) is 82.3 cm³/mol. The zero-order chi connectivity index (χ0) is 14.1. The maximum Gasteiger partial charge on any atom is 0.236 e. The summed E-state index contributed by atoms with van der Waals surface area (Å²) in [5.41, 5.74) is 3.19. The topological polar surface area (TPSA) is 45.5 Å². The first-order chi connectivity index (χ1) is 9.67. The summed E-state index contributed by atoms with van der Waals surface area (Å²) in [4.78, 5) is 11.1. The van der Waals surface area contributed by atoms with Crippen molar-refractivity contribution in [1.82, 2.24) is 14.4 Å². The van der Waals surface area contributed by atoms with Gasteiger partial charge in [-0.05, 0) is 18.2 Å². The SMILES string of the molecule is CNc1ccn2cc(-c3ccc(N(C)C)cc3)nc2n1. The minimum atomic E-state index is 0.698. The maximum absolute atomic E-state index is 4.56. The fourth-order valence-electron chi connectivity index (χ4n) is 2.08. The second-order valence-corrected chi connectivity index (χ2v) is 4.84. The third kappa shape index (κ3) is 2.18. The van der Waals surface area contributed by atoms with Gasteiger partial charge in [0.25, 0.3) is 0 Å². The van der Waals surface area contributed by atoms with Crippen LogP contribution in [0.4, 0.5) is 11.5 Å². The molecule has 0 aliphatic heterocycles. The van der Waals surface area contributed by atoms with Gasteiger partial charge in [0.1, 0.15) is 5.82 Å². The van der Waals surface area contributed by atoms with E-state index in [9.17, 15) is 0 Å². The van der Waals surface area contributed by atoms with Crippen LogP contribution in [-0.4, -0.2) is 35.5 Å². The maximum atomic E-state index is 4.56. The highest BCUT2D eigenvalue weighted by molar-refractivity contribution is 5.65. The molecule has 0 unspecified atom stereocenters. The Balaban J connectivity index is 2.01. The van der Waals surface area contributed by atoms with Gasteiger partial charge in [0.15, 0.2) is 0 Å². The van der Waals surface area contributed by atoms with E-state index in [0.717, 1.165) is 17.1 Å². The Kier molecular flexibility index (Phi) is 3.02. The smallest absolute Gasteiger partial charge is 0.236 e. The Morgan fingerprint density at radius 2 is 1.80 bits per heavy atom. The summed E-state index contributed by atoms with van der Waals surface area (Å²) in [5, 5.41) is 3.02. The Hall–Kier alpha value is -2.56. The van der Waals surface area contributed by atoms with Gasteiger partial charge in [-0.25, -0.2) is 4.98 Å². The van der Waals surface area contributed by atoms with E-state index < -0.39 is 0 Å². The van der Waals surface area contributed by atoms with Gasteiger partial charge in [0, 0.05) is 44.8 Å². The molecule has 0 aliphatic carbocycles. The monoisotopic (exact) mass is 267 g/mol. The summed E-state index contributed by atoms with van der Waals surface area (Å²) in [5.74, 6) is 1.51. The highest BCUT2D eigenvalue weighted by Crippen LogP contribution is 2.22. The molecule has 1 N–H and O–H groups in total. The lowest BCUT2D eigenvalue weighted by atomic mass is 10.1. The highest BCUT2D eigenvalue weighted by Gasteiger charge is 2.06. The molecule has 2 heterocycles. The van der Waals surface area contributed by atoms with Gasteiger partial charge < -0.3 is 10.2 Å². The molecule has 0 fully saturated rings. The molecule has 2 aromatic heterocycles. The molecule has 102 valence electrons. The summed E-state index contributed by atoms with van der Waals surface area (Å²) in [6.07, 6.45) is 3.95. The molecule has 0 amide bonds. The van der Waals surface area contributed by atoms with Crippen molar-refractivity contribution in [2.75, 3.05) is 31.4 Å². The third-order valence-electron chi connectivity index (χ3n) is 3.26. The van der Waals surface area contributed by atoms with Crippen molar-refractivity contribution in [3.05, 3.63) is 42.7 Å². The van der Waals surface area contributed by atoms with E-state index in [-0.39, 0.29) is 0 Å². The van der Waals surface area contributed by atoms with Gasteiger partial charge in [-0.3, -0.25) is 4.40 Å². The lowest BCUT2D eigenvalue weighted by Crippen LogP contribution is -2.07. The molecular weight excluding hydrogens is 250 g/mol. The van der Waals surface area contributed by atoms with Crippen LogP contribution in [0.1, 0.15) is 0 Å². The normalized spacial score (nSPS) is 10.8. The molecule has 0 aliphatic rings. The summed E-state index contributed by atoms with van der Waals surface area (Å²) in [7, 11) is 5.91. The molecule has 0 saturated carbocycles. The third-order valence-corrected chi connectivity index (χ3v) is 3.26. The average molecular weight is 267 g/mol. The average Bonchev–Trinajstić information content (AvgIpc) is 2.90. The van der Waals surface area contributed by atoms with Crippen LogP contribution in [-0.2, 0) is 0 Å². The molecule has 0 radical (unpaired) electrons. The van der Waals surface area contributed by atoms with E-state index in [1.807, 2.05) is 44.0 Å². The number of nitrogens with one attached hydrogen (secondary N) is 1. The molecule has 0 atom stereocenters. The van der Waals surface area contributed by atoms with Crippen LogP contribution in [0, 0.1) is 0 Å². The van der Waals surface area contributed by atoms with Crippen LogP contribution >= 0.6 is 0 Å². The first-order valence-electron chi connectivity index (χ1n) is 6.48. The summed E-state index contributed by atoms with van der Waals surface area (Å²) in [6.45, 7) is 0. The van der Waals surface area contributed by atoms with E-state index in [1.165, 1.54) is 5.69 Å². The van der Waals surface area contributed by atoms with Gasteiger partial charge >= 0.3 is 0 Å². The molecule has 20 heavy (non-hydrogen) atoms. The van der Waals surface area contributed by atoms with E-state index >= 15 is 0 Å². The lowest BCUT2D eigenvalue weighted by molar-refractivity contribution is 1.11. The molecule has 0 saturated heterocycles. The van der Waals surface area contributed by atoms with Crippen molar-refractivity contribution in [3.63, 3.8) is 0 Å². The van der Waals surface area contributed by atoms with Crippen LogP contribution in [0.3, 0.4) is 0 Å². The van der Waals surface area contributed by atoms with Crippen LogP contribution in [0.25, 0.3) is 17.0 Å². The quantitative estimate of drug-likeness (QED) is 0.792. The Morgan fingerprint density at radius 1 is 1.05 bits per heavy atom. The number of rotatable bonds is 3. The number of anilines is 2.